The Labute approximate surface area is 142 Å². The Kier molecular flexibility index (Phi) is 4.52. The van der Waals surface area contributed by atoms with Crippen molar-refractivity contribution in [3.63, 3.8) is 0 Å². The Bertz CT molecular complexity index is 826. The second-order valence-electron chi connectivity index (χ2n) is 4.98. The van der Waals surface area contributed by atoms with E-state index in [1.54, 1.807) is 6.08 Å². The van der Waals surface area contributed by atoms with Gasteiger partial charge >= 0.3 is 5.97 Å². The van der Waals surface area contributed by atoms with Gasteiger partial charge in [0.25, 0.3) is 11.1 Å². The molecule has 0 saturated carbocycles. The summed E-state index contributed by atoms with van der Waals surface area (Å²) in [5.41, 5.74) is 1.72. The van der Waals surface area contributed by atoms with Crippen LogP contribution in [-0.2, 0) is 14.3 Å². The molecule has 1 fully saturated rings. The third-order valence-electron chi connectivity index (χ3n) is 3.48. The Hall–Kier alpha value is -2.80. The monoisotopic (exact) mass is 342 g/mol. The number of carbonyl (C=O) groups excluding carboxylic acids is 3. The largest absolute Gasteiger partial charge is 0.468 e. The number of aromatic nitrogens is 1. The van der Waals surface area contributed by atoms with Crippen molar-refractivity contribution < 1.29 is 19.1 Å². The number of amides is 2. The van der Waals surface area contributed by atoms with Crippen LogP contribution in [-0.4, -0.2) is 40.2 Å². The summed E-state index contributed by atoms with van der Waals surface area (Å²) in [6.45, 7) is -0.377. The normalized spacial score (nSPS) is 16.0. The van der Waals surface area contributed by atoms with E-state index < -0.39 is 17.1 Å². The van der Waals surface area contributed by atoms with Crippen LogP contribution in [0.2, 0.25) is 0 Å². The molecule has 2 amide bonds. The van der Waals surface area contributed by atoms with Crippen molar-refractivity contribution in [2.75, 3.05) is 13.7 Å². The summed E-state index contributed by atoms with van der Waals surface area (Å²) in [4.78, 5) is 36.8. The third kappa shape index (κ3) is 3.11. The van der Waals surface area contributed by atoms with Crippen molar-refractivity contribution in [3.05, 3.63) is 59.3 Å². The van der Waals surface area contributed by atoms with E-state index in [2.05, 4.69) is 4.74 Å². The van der Waals surface area contributed by atoms with E-state index in [1.807, 2.05) is 53.2 Å². The molecule has 0 unspecified atom stereocenters. The van der Waals surface area contributed by atoms with Gasteiger partial charge in [0.15, 0.2) is 0 Å². The van der Waals surface area contributed by atoms with Gasteiger partial charge in [-0.05, 0) is 42.1 Å². The van der Waals surface area contributed by atoms with Gasteiger partial charge in [0.1, 0.15) is 6.54 Å². The number of hydrogen-bond acceptors (Lipinski definition) is 5. The predicted octanol–water partition coefficient (Wildman–Crippen LogP) is 2.69. The molecule has 1 aromatic heterocycles. The van der Waals surface area contributed by atoms with Gasteiger partial charge in [0.05, 0.1) is 12.0 Å². The van der Waals surface area contributed by atoms with Gasteiger partial charge in [-0.25, -0.2) is 0 Å². The SMILES string of the molecule is COC(=O)CN1C(=O)SC(=Cc2cccn2-c2ccccc2)C1=O. The molecule has 24 heavy (non-hydrogen) atoms. The van der Waals surface area contributed by atoms with Gasteiger partial charge < -0.3 is 9.30 Å². The molecule has 2 heterocycles. The topological polar surface area (TPSA) is 68.6 Å². The zero-order chi connectivity index (χ0) is 17.1. The predicted molar refractivity (Wildman–Crippen MR) is 90.5 cm³/mol. The van der Waals surface area contributed by atoms with Crippen LogP contribution in [0.1, 0.15) is 5.69 Å². The van der Waals surface area contributed by atoms with E-state index in [0.717, 1.165) is 28.0 Å². The Morgan fingerprint density at radius 2 is 1.92 bits per heavy atom. The number of rotatable bonds is 4. The van der Waals surface area contributed by atoms with E-state index in [-0.39, 0.29) is 11.4 Å². The Balaban J connectivity index is 1.88. The maximum absolute atomic E-state index is 12.3. The van der Waals surface area contributed by atoms with Crippen LogP contribution in [0.3, 0.4) is 0 Å². The smallest absolute Gasteiger partial charge is 0.325 e. The van der Waals surface area contributed by atoms with Crippen LogP contribution < -0.4 is 0 Å². The van der Waals surface area contributed by atoms with E-state index in [1.165, 1.54) is 7.11 Å². The minimum absolute atomic E-state index is 0.278. The third-order valence-corrected chi connectivity index (χ3v) is 4.39. The molecule has 0 spiro atoms. The van der Waals surface area contributed by atoms with Crippen LogP contribution in [0.5, 0.6) is 0 Å². The maximum Gasteiger partial charge on any atom is 0.325 e. The minimum Gasteiger partial charge on any atom is -0.468 e. The minimum atomic E-state index is -0.633. The lowest BCUT2D eigenvalue weighted by Gasteiger charge is -2.10. The van der Waals surface area contributed by atoms with E-state index in [4.69, 9.17) is 0 Å². The van der Waals surface area contributed by atoms with E-state index in [0.29, 0.717) is 0 Å². The molecule has 1 aliphatic heterocycles. The molecule has 3 rings (SSSR count). The van der Waals surface area contributed by atoms with E-state index >= 15 is 0 Å². The van der Waals surface area contributed by atoms with E-state index in [9.17, 15) is 14.4 Å². The highest BCUT2D eigenvalue weighted by molar-refractivity contribution is 8.18. The molecular formula is C17H14N2O4S. The van der Waals surface area contributed by atoms with Crippen LogP contribution >= 0.6 is 11.8 Å². The number of para-hydroxylation sites is 1. The molecule has 1 saturated heterocycles. The first kappa shape index (κ1) is 16.1. The molecular weight excluding hydrogens is 328 g/mol. The number of thioether (sulfide) groups is 1. The van der Waals surface area contributed by atoms with Crippen LogP contribution in [0.25, 0.3) is 11.8 Å². The molecule has 0 bridgehead atoms. The van der Waals surface area contributed by atoms with Crippen molar-refractivity contribution in [2.45, 2.75) is 0 Å². The van der Waals surface area contributed by atoms with Gasteiger partial charge in [-0.3, -0.25) is 19.3 Å². The number of ether oxygens (including phenoxy) is 1. The molecule has 1 aromatic carbocycles. The number of imide groups is 1. The summed E-state index contributed by atoms with van der Waals surface area (Å²) in [6.07, 6.45) is 3.52. The van der Waals surface area contributed by atoms with Crippen LogP contribution in [0.4, 0.5) is 4.79 Å². The lowest BCUT2D eigenvalue weighted by atomic mass is 10.3. The second kappa shape index (κ2) is 6.76. The van der Waals surface area contributed by atoms with Crippen molar-refractivity contribution in [1.82, 2.24) is 9.47 Å². The molecule has 0 radical (unpaired) electrons. The first-order valence-electron chi connectivity index (χ1n) is 7.15. The standard InChI is InChI=1S/C17H14N2O4S/c1-23-15(20)11-19-16(21)14(24-17(19)22)10-13-8-5-9-18(13)12-6-3-2-4-7-12/h2-10H,11H2,1H3. The number of carbonyl (C=O) groups is 3. The lowest BCUT2D eigenvalue weighted by molar-refractivity contribution is -0.143. The van der Waals surface area contributed by atoms with Crippen LogP contribution in [0, 0.1) is 0 Å². The highest BCUT2D eigenvalue weighted by atomic mass is 32.2. The second-order valence-corrected chi connectivity index (χ2v) is 5.98. The lowest BCUT2D eigenvalue weighted by Crippen LogP contribution is -2.34. The molecule has 122 valence electrons. The first-order chi connectivity index (χ1) is 11.6. The van der Waals surface area contributed by atoms with Gasteiger partial charge in [-0.2, -0.15) is 0 Å². The molecule has 0 aliphatic carbocycles. The number of methoxy groups -OCH3 is 1. The fraction of sp³-hybridized carbons (Fsp3) is 0.118. The average Bonchev–Trinajstić information content (AvgIpc) is 3.16. The summed E-state index contributed by atoms with van der Waals surface area (Å²) in [5, 5.41) is -0.477. The Morgan fingerprint density at radius 3 is 2.62 bits per heavy atom. The van der Waals surface area contributed by atoms with Gasteiger partial charge in [0.2, 0.25) is 0 Å². The van der Waals surface area contributed by atoms with Gasteiger partial charge in [0, 0.05) is 17.6 Å². The fourth-order valence-corrected chi connectivity index (χ4v) is 3.12. The number of nitrogens with zero attached hydrogens (tertiary/aromatic N) is 2. The highest BCUT2D eigenvalue weighted by Gasteiger charge is 2.36. The molecule has 1 aliphatic rings. The highest BCUT2D eigenvalue weighted by Crippen LogP contribution is 2.32. The summed E-state index contributed by atoms with van der Waals surface area (Å²) in [6, 6.07) is 13.4. The van der Waals surface area contributed by atoms with Crippen molar-refractivity contribution in [2.24, 2.45) is 0 Å². The van der Waals surface area contributed by atoms with Crippen molar-refractivity contribution >= 4 is 35.0 Å². The van der Waals surface area contributed by atoms with Crippen LogP contribution in [0.15, 0.2) is 53.6 Å². The fourth-order valence-electron chi connectivity index (χ4n) is 2.30. The number of hydrogen-bond donors (Lipinski definition) is 0. The zero-order valence-electron chi connectivity index (χ0n) is 12.8. The Morgan fingerprint density at radius 1 is 1.17 bits per heavy atom. The maximum atomic E-state index is 12.3. The number of benzene rings is 1. The van der Waals surface area contributed by atoms with Gasteiger partial charge in [-0.1, -0.05) is 18.2 Å². The first-order valence-corrected chi connectivity index (χ1v) is 7.97. The summed E-state index contributed by atoms with van der Waals surface area (Å²) < 4.78 is 6.42. The average molecular weight is 342 g/mol. The number of esters is 1. The van der Waals surface area contributed by atoms with Gasteiger partial charge in [-0.15, -0.1) is 0 Å². The quantitative estimate of drug-likeness (QED) is 0.631. The summed E-state index contributed by atoms with van der Waals surface area (Å²) in [5.74, 6) is -1.12. The summed E-state index contributed by atoms with van der Waals surface area (Å²) in [7, 11) is 1.21. The zero-order valence-corrected chi connectivity index (χ0v) is 13.7. The summed E-state index contributed by atoms with van der Waals surface area (Å²) >= 11 is 0.814. The molecule has 0 N–H and O–H groups in total. The molecule has 0 atom stereocenters. The molecule has 6 nitrogen and oxygen atoms in total. The molecule has 7 heteroatoms. The molecule has 2 aromatic rings. The van der Waals surface area contributed by atoms with Crippen molar-refractivity contribution in [1.29, 1.82) is 0 Å². The van der Waals surface area contributed by atoms with Crippen molar-refractivity contribution in [3.8, 4) is 5.69 Å².